The summed E-state index contributed by atoms with van der Waals surface area (Å²) in [6.07, 6.45) is 2.61. The lowest BCUT2D eigenvalue weighted by Gasteiger charge is -2.18. The minimum atomic E-state index is -1.13. The lowest BCUT2D eigenvalue weighted by atomic mass is 10.0. The molecule has 4 rings (SSSR count). The van der Waals surface area contributed by atoms with E-state index in [-0.39, 0.29) is 11.8 Å². The summed E-state index contributed by atoms with van der Waals surface area (Å²) in [7, 11) is 0. The second-order valence-electron chi connectivity index (χ2n) is 9.62. The van der Waals surface area contributed by atoms with Crippen molar-refractivity contribution in [1.82, 2.24) is 15.2 Å². The molecule has 1 aliphatic carbocycles. The number of hydrogen-bond donors (Lipinski definition) is 5. The number of benzene rings is 1. The highest BCUT2D eigenvalue weighted by atomic mass is 16.2. The topological polar surface area (TPSA) is 149 Å². The number of nitrogens with two attached hydrogens (primary N) is 1. The van der Waals surface area contributed by atoms with E-state index in [1.54, 1.807) is 24.3 Å². The van der Waals surface area contributed by atoms with Crippen LogP contribution in [0.25, 0.3) is 11.6 Å². The number of carbonyl (C=O) groups is 4. The largest absolute Gasteiger partial charge is 0.369 e. The smallest absolute Gasteiger partial charge is 0.256 e. The molecule has 10 heteroatoms. The number of H-pyrrole nitrogens is 1. The number of amides is 4. The van der Waals surface area contributed by atoms with Gasteiger partial charge >= 0.3 is 0 Å². The molecule has 10 nitrogen and oxygen atoms in total. The van der Waals surface area contributed by atoms with E-state index >= 15 is 0 Å². The van der Waals surface area contributed by atoms with Crippen LogP contribution in [0, 0.1) is 19.3 Å². The number of aryl methyl sites for hydroxylation is 1. The molecule has 1 aromatic heterocycles. The molecule has 1 fully saturated rings. The molecule has 2 heterocycles. The number of likely N-dealkylation sites (N-methyl/N-ethyl adjacent to an activating group) is 1. The highest BCUT2D eigenvalue weighted by molar-refractivity contribution is 6.35. The summed E-state index contributed by atoms with van der Waals surface area (Å²) in [6, 6.07) is 5.08. The summed E-state index contributed by atoms with van der Waals surface area (Å²) in [6.45, 7) is 11.1. The number of hydrogen-bond acceptors (Lipinski definition) is 5. The second kappa shape index (κ2) is 10.2. The number of aromatic nitrogens is 1. The highest BCUT2D eigenvalue weighted by Crippen LogP contribution is 2.46. The molecule has 2 aliphatic rings. The molecule has 37 heavy (non-hydrogen) atoms. The fourth-order valence-corrected chi connectivity index (χ4v) is 4.74. The number of fused-ring (bicyclic) bond motifs is 1. The van der Waals surface area contributed by atoms with Gasteiger partial charge in [0.15, 0.2) is 0 Å². The molecule has 1 aromatic carbocycles. The fraction of sp³-hybridized carbons (Fsp3) is 0.407. The Morgan fingerprint density at radius 2 is 1.86 bits per heavy atom. The van der Waals surface area contributed by atoms with Crippen molar-refractivity contribution < 1.29 is 19.2 Å². The van der Waals surface area contributed by atoms with Gasteiger partial charge in [-0.25, -0.2) is 0 Å². The van der Waals surface area contributed by atoms with Crippen LogP contribution in [-0.4, -0.2) is 59.7 Å². The van der Waals surface area contributed by atoms with Crippen molar-refractivity contribution in [2.75, 3.05) is 36.8 Å². The predicted octanol–water partition coefficient (Wildman–Crippen LogP) is 2.40. The first kappa shape index (κ1) is 26.2. The number of anilines is 2. The Morgan fingerprint density at radius 3 is 2.49 bits per heavy atom. The minimum absolute atomic E-state index is 0.149. The van der Waals surface area contributed by atoms with Gasteiger partial charge in [0.05, 0.1) is 16.8 Å². The summed E-state index contributed by atoms with van der Waals surface area (Å²) in [5.74, 6) is -1.49. The Labute approximate surface area is 216 Å². The lowest BCUT2D eigenvalue weighted by molar-refractivity contribution is -0.132. The normalized spacial score (nSPS) is 16.5. The molecule has 2 aromatic rings. The van der Waals surface area contributed by atoms with Gasteiger partial charge in [0.2, 0.25) is 11.8 Å². The van der Waals surface area contributed by atoms with Crippen molar-refractivity contribution in [3.63, 3.8) is 0 Å². The van der Waals surface area contributed by atoms with Crippen LogP contribution < -0.4 is 21.7 Å². The summed E-state index contributed by atoms with van der Waals surface area (Å²) in [4.78, 5) is 55.3. The third-order valence-electron chi connectivity index (χ3n) is 7.32. The summed E-state index contributed by atoms with van der Waals surface area (Å²) in [5, 5.41) is 8.55. The predicted molar refractivity (Wildman–Crippen MR) is 143 cm³/mol. The number of carbonyl (C=O) groups excluding carboxylic acids is 4. The van der Waals surface area contributed by atoms with Gasteiger partial charge in [-0.2, -0.15) is 0 Å². The zero-order valence-corrected chi connectivity index (χ0v) is 21.7. The van der Waals surface area contributed by atoms with E-state index < -0.39 is 17.2 Å². The quantitative estimate of drug-likeness (QED) is 0.248. The van der Waals surface area contributed by atoms with Gasteiger partial charge in [-0.15, -0.1) is 0 Å². The van der Waals surface area contributed by atoms with Gasteiger partial charge in [-0.1, -0.05) is 19.9 Å². The van der Waals surface area contributed by atoms with Crippen molar-refractivity contribution in [2.24, 2.45) is 11.1 Å². The standard InChI is InChI=1S/C27H34N6O4/c1-5-33(6-2)12-11-29-24(35)22-15(3)20(30-16(22)4)14-19-18-8-7-17(13-21(18)32-23(19)34)31-26(37)27(9-10-27)25(28)36/h7-8,13-14,30H,5-6,9-12H2,1-4H3,(H2,28,36)(H,29,35)(H,31,37)(H,32,34). The summed E-state index contributed by atoms with van der Waals surface area (Å²) in [5.41, 5.74) is 9.13. The maximum atomic E-state index is 12.9. The van der Waals surface area contributed by atoms with Crippen molar-refractivity contribution in [3.05, 3.63) is 46.3 Å². The maximum absolute atomic E-state index is 12.9. The fourth-order valence-electron chi connectivity index (χ4n) is 4.74. The molecule has 196 valence electrons. The molecule has 0 unspecified atom stereocenters. The maximum Gasteiger partial charge on any atom is 0.256 e. The first-order valence-corrected chi connectivity index (χ1v) is 12.6. The van der Waals surface area contributed by atoms with E-state index in [1.807, 2.05) is 13.8 Å². The Balaban J connectivity index is 1.52. The number of primary amides is 1. The number of aromatic amines is 1. The van der Waals surface area contributed by atoms with E-state index in [4.69, 9.17) is 5.73 Å². The Kier molecular flexibility index (Phi) is 7.22. The minimum Gasteiger partial charge on any atom is -0.369 e. The second-order valence-corrected chi connectivity index (χ2v) is 9.62. The van der Waals surface area contributed by atoms with Gasteiger partial charge in [0.1, 0.15) is 5.41 Å². The van der Waals surface area contributed by atoms with Crippen molar-refractivity contribution in [2.45, 2.75) is 40.5 Å². The zero-order chi connectivity index (χ0) is 26.9. The Morgan fingerprint density at radius 1 is 1.16 bits per heavy atom. The van der Waals surface area contributed by atoms with Crippen molar-refractivity contribution >= 4 is 46.7 Å². The summed E-state index contributed by atoms with van der Waals surface area (Å²) < 4.78 is 0. The first-order valence-electron chi connectivity index (χ1n) is 12.6. The van der Waals surface area contributed by atoms with Crippen LogP contribution in [0.3, 0.4) is 0 Å². The van der Waals surface area contributed by atoms with Crippen LogP contribution in [0.4, 0.5) is 11.4 Å². The molecule has 1 aliphatic heterocycles. The lowest BCUT2D eigenvalue weighted by Crippen LogP contribution is -2.36. The van der Waals surface area contributed by atoms with Crippen molar-refractivity contribution in [3.8, 4) is 0 Å². The Bertz CT molecular complexity index is 1300. The van der Waals surface area contributed by atoms with E-state index in [0.717, 1.165) is 30.9 Å². The van der Waals surface area contributed by atoms with Gasteiger partial charge in [0.25, 0.3) is 11.8 Å². The molecule has 0 radical (unpaired) electrons. The van der Waals surface area contributed by atoms with E-state index in [0.29, 0.717) is 53.2 Å². The monoisotopic (exact) mass is 506 g/mol. The average Bonchev–Trinajstić information content (AvgIpc) is 3.55. The molecule has 0 saturated heterocycles. The van der Waals surface area contributed by atoms with Crippen LogP contribution in [0.5, 0.6) is 0 Å². The molecular formula is C27H34N6O4. The van der Waals surface area contributed by atoms with Gasteiger partial charge < -0.3 is 31.6 Å². The third kappa shape index (κ3) is 5.01. The molecule has 4 amide bonds. The van der Waals surface area contributed by atoms with Crippen LogP contribution >= 0.6 is 0 Å². The third-order valence-corrected chi connectivity index (χ3v) is 7.32. The van der Waals surface area contributed by atoms with Crippen molar-refractivity contribution in [1.29, 1.82) is 0 Å². The van der Waals surface area contributed by atoms with Crippen LogP contribution in [-0.2, 0) is 14.4 Å². The Hall–Kier alpha value is -3.92. The number of rotatable bonds is 10. The summed E-state index contributed by atoms with van der Waals surface area (Å²) >= 11 is 0. The van der Waals surface area contributed by atoms with Gasteiger partial charge in [-0.05, 0) is 63.6 Å². The van der Waals surface area contributed by atoms with Gasteiger partial charge in [-0.3, -0.25) is 19.2 Å². The van der Waals surface area contributed by atoms with E-state index in [9.17, 15) is 19.2 Å². The zero-order valence-electron chi connectivity index (χ0n) is 21.7. The highest BCUT2D eigenvalue weighted by Gasteiger charge is 2.55. The van der Waals surface area contributed by atoms with E-state index in [2.05, 4.69) is 39.7 Å². The van der Waals surface area contributed by atoms with Crippen LogP contribution in [0.15, 0.2) is 18.2 Å². The molecule has 0 bridgehead atoms. The van der Waals surface area contributed by atoms with Gasteiger partial charge in [0, 0.05) is 35.7 Å². The molecular weight excluding hydrogens is 472 g/mol. The number of nitrogens with zero attached hydrogens (tertiary/aromatic N) is 1. The van der Waals surface area contributed by atoms with Crippen LogP contribution in [0.1, 0.15) is 59.6 Å². The molecule has 0 spiro atoms. The van der Waals surface area contributed by atoms with E-state index in [1.165, 1.54) is 0 Å². The van der Waals surface area contributed by atoms with Crippen LogP contribution in [0.2, 0.25) is 0 Å². The first-order chi connectivity index (χ1) is 17.6. The molecule has 1 saturated carbocycles. The molecule has 6 N–H and O–H groups in total. The number of nitrogens with one attached hydrogen (secondary N) is 4. The average molecular weight is 507 g/mol. The molecule has 0 atom stereocenters. The SMILES string of the molecule is CCN(CC)CCNC(=O)c1c(C)[nH]c(C=C2C(=O)Nc3cc(NC(=O)C4(C(N)=O)CC4)ccc32)c1C.